The molecule has 0 spiro atoms. The minimum Gasteiger partial charge on any atom is -0.484 e. The van der Waals surface area contributed by atoms with Gasteiger partial charge in [-0.2, -0.15) is 0 Å². The number of hydrogen-bond acceptors (Lipinski definition) is 7. The zero-order valence-corrected chi connectivity index (χ0v) is 14.4. The number of carbonyl (C=O) groups excluding carboxylic acids is 1. The van der Waals surface area contributed by atoms with Crippen molar-refractivity contribution in [3.05, 3.63) is 40.6 Å². The number of hydrogen-bond donors (Lipinski definition) is 2. The van der Waals surface area contributed by atoms with Gasteiger partial charge in [0.1, 0.15) is 5.75 Å². The largest absolute Gasteiger partial charge is 0.484 e. The Bertz CT molecular complexity index is 731. The van der Waals surface area contributed by atoms with Crippen molar-refractivity contribution >= 4 is 17.2 Å². The summed E-state index contributed by atoms with van der Waals surface area (Å²) in [6.45, 7) is 1.60. The molecule has 0 radical (unpaired) electrons. The molecule has 0 bridgehead atoms. The van der Waals surface area contributed by atoms with Crippen molar-refractivity contribution in [2.75, 3.05) is 19.9 Å². The van der Waals surface area contributed by atoms with E-state index >= 15 is 0 Å². The molecule has 132 valence electrons. The second-order valence-electron chi connectivity index (χ2n) is 5.78. The van der Waals surface area contributed by atoms with E-state index < -0.39 is 0 Å². The summed E-state index contributed by atoms with van der Waals surface area (Å²) >= 11 is 1.64. The van der Waals surface area contributed by atoms with Crippen molar-refractivity contribution in [1.82, 2.24) is 15.8 Å². The Morgan fingerprint density at radius 2 is 2.24 bits per heavy atom. The summed E-state index contributed by atoms with van der Waals surface area (Å²) in [7, 11) is 0. The van der Waals surface area contributed by atoms with E-state index in [2.05, 4.69) is 10.9 Å². The molecule has 1 amide bonds. The van der Waals surface area contributed by atoms with Gasteiger partial charge in [-0.15, -0.1) is 11.3 Å². The van der Waals surface area contributed by atoms with Crippen LogP contribution in [0, 0.1) is 0 Å². The molecule has 0 saturated carbocycles. The molecule has 3 heterocycles. The van der Waals surface area contributed by atoms with Crippen LogP contribution in [0.5, 0.6) is 17.2 Å². The summed E-state index contributed by atoms with van der Waals surface area (Å²) < 4.78 is 16.3. The van der Waals surface area contributed by atoms with Gasteiger partial charge in [-0.3, -0.25) is 10.2 Å². The molecule has 2 aliphatic heterocycles. The van der Waals surface area contributed by atoms with Crippen molar-refractivity contribution in [3.63, 3.8) is 0 Å². The fraction of sp³-hybridized carbons (Fsp3) is 0.353. The van der Waals surface area contributed by atoms with Crippen LogP contribution in [-0.4, -0.2) is 36.9 Å². The van der Waals surface area contributed by atoms with Gasteiger partial charge in [0.15, 0.2) is 18.1 Å². The predicted octanol–water partition coefficient (Wildman–Crippen LogP) is 1.71. The lowest BCUT2D eigenvalue weighted by atomic mass is 10.3. The van der Waals surface area contributed by atoms with Gasteiger partial charge in [0.25, 0.3) is 5.91 Å². The average Bonchev–Trinajstić information content (AvgIpc) is 3.39. The van der Waals surface area contributed by atoms with Crippen molar-refractivity contribution in [3.8, 4) is 17.2 Å². The molecule has 2 aromatic rings. The molecule has 1 fully saturated rings. The highest BCUT2D eigenvalue weighted by atomic mass is 32.1. The molecule has 25 heavy (non-hydrogen) atoms. The zero-order valence-electron chi connectivity index (χ0n) is 13.6. The number of rotatable bonds is 6. The smallest absolute Gasteiger partial charge is 0.262 e. The third kappa shape index (κ3) is 3.71. The van der Waals surface area contributed by atoms with Gasteiger partial charge in [-0.05, 0) is 30.0 Å². The lowest BCUT2D eigenvalue weighted by molar-refractivity contribution is -0.136. The van der Waals surface area contributed by atoms with Crippen LogP contribution in [0.3, 0.4) is 0 Å². The van der Waals surface area contributed by atoms with E-state index in [1.807, 2.05) is 22.4 Å². The molecule has 1 aromatic heterocycles. The van der Waals surface area contributed by atoms with Crippen LogP contribution in [0.15, 0.2) is 35.7 Å². The molecule has 4 rings (SSSR count). The molecule has 1 saturated heterocycles. The Morgan fingerprint density at radius 1 is 1.32 bits per heavy atom. The highest BCUT2D eigenvalue weighted by Gasteiger charge is 2.27. The minimum absolute atomic E-state index is 0.0246. The van der Waals surface area contributed by atoms with E-state index in [0.717, 1.165) is 17.8 Å². The fourth-order valence-electron chi connectivity index (χ4n) is 2.84. The Kier molecular flexibility index (Phi) is 4.73. The summed E-state index contributed by atoms with van der Waals surface area (Å²) in [6.07, 6.45) is 0.830. The first-order chi connectivity index (χ1) is 12.3. The maximum absolute atomic E-state index is 12.7. The number of fused-ring (bicyclic) bond motifs is 1. The number of thiophene rings is 1. The highest BCUT2D eigenvalue weighted by molar-refractivity contribution is 7.09. The van der Waals surface area contributed by atoms with Gasteiger partial charge >= 0.3 is 0 Å². The summed E-state index contributed by atoms with van der Waals surface area (Å²) in [5.74, 6) is 1.86. The Morgan fingerprint density at radius 3 is 3.04 bits per heavy atom. The van der Waals surface area contributed by atoms with Crippen LogP contribution in [0.1, 0.15) is 11.3 Å². The van der Waals surface area contributed by atoms with Gasteiger partial charge in [0, 0.05) is 17.5 Å². The van der Waals surface area contributed by atoms with Crippen LogP contribution in [0.2, 0.25) is 0 Å². The third-order valence-electron chi connectivity index (χ3n) is 4.12. The van der Waals surface area contributed by atoms with Crippen LogP contribution in [0.4, 0.5) is 0 Å². The second-order valence-corrected chi connectivity index (χ2v) is 6.81. The van der Waals surface area contributed by atoms with Crippen LogP contribution in [0.25, 0.3) is 0 Å². The number of benzene rings is 1. The van der Waals surface area contributed by atoms with Crippen LogP contribution in [-0.2, 0) is 11.3 Å². The number of amides is 1. The first-order valence-corrected chi connectivity index (χ1v) is 9.00. The number of carbonyl (C=O) groups is 1. The topological polar surface area (TPSA) is 72.1 Å². The van der Waals surface area contributed by atoms with Crippen LogP contribution < -0.4 is 25.1 Å². The normalized spacial score (nSPS) is 18.3. The van der Waals surface area contributed by atoms with E-state index in [1.54, 1.807) is 29.5 Å². The molecule has 1 atom stereocenters. The molecule has 2 aliphatic rings. The SMILES string of the molecule is O=C(COc1ccc2c(c1)OCO2)N(Cc1cccs1)C1CCNN1. The molecule has 2 N–H and O–H groups in total. The monoisotopic (exact) mass is 361 g/mol. The predicted molar refractivity (Wildman–Crippen MR) is 92.5 cm³/mol. The van der Waals surface area contributed by atoms with Crippen molar-refractivity contribution in [2.45, 2.75) is 19.1 Å². The lowest BCUT2D eigenvalue weighted by Crippen LogP contribution is -2.48. The standard InChI is InChI=1S/C17H19N3O4S/c21-17(10-22-12-3-4-14-15(8-12)24-11-23-14)20(16-5-6-18-19-16)9-13-2-1-7-25-13/h1-4,7-8,16,18-19H,5-6,9-11H2. The highest BCUT2D eigenvalue weighted by Crippen LogP contribution is 2.35. The molecule has 1 aromatic carbocycles. The number of nitrogens with zero attached hydrogens (tertiary/aromatic N) is 1. The second kappa shape index (κ2) is 7.30. The van der Waals surface area contributed by atoms with Gasteiger partial charge in [0.05, 0.1) is 12.7 Å². The summed E-state index contributed by atoms with van der Waals surface area (Å²) in [5.41, 5.74) is 6.23. The van der Waals surface area contributed by atoms with Crippen molar-refractivity contribution in [2.24, 2.45) is 0 Å². The van der Waals surface area contributed by atoms with Crippen molar-refractivity contribution in [1.29, 1.82) is 0 Å². The fourth-order valence-corrected chi connectivity index (χ4v) is 3.54. The summed E-state index contributed by atoms with van der Waals surface area (Å²) in [6, 6.07) is 9.33. The molecular formula is C17H19N3O4S. The van der Waals surface area contributed by atoms with Crippen molar-refractivity contribution < 1.29 is 19.0 Å². The third-order valence-corrected chi connectivity index (χ3v) is 4.98. The summed E-state index contributed by atoms with van der Waals surface area (Å²) in [4.78, 5) is 15.7. The zero-order chi connectivity index (χ0) is 17.1. The summed E-state index contributed by atoms with van der Waals surface area (Å²) in [5, 5.41) is 2.02. The Labute approximate surface area is 149 Å². The lowest BCUT2D eigenvalue weighted by Gasteiger charge is -2.28. The number of ether oxygens (including phenoxy) is 3. The molecule has 1 unspecified atom stereocenters. The van der Waals surface area contributed by atoms with E-state index in [-0.39, 0.29) is 25.5 Å². The maximum Gasteiger partial charge on any atom is 0.262 e. The van der Waals surface area contributed by atoms with Gasteiger partial charge in [-0.25, -0.2) is 5.43 Å². The van der Waals surface area contributed by atoms with E-state index in [4.69, 9.17) is 14.2 Å². The maximum atomic E-state index is 12.7. The first-order valence-electron chi connectivity index (χ1n) is 8.12. The molecule has 0 aliphatic carbocycles. The van der Waals surface area contributed by atoms with E-state index in [9.17, 15) is 4.79 Å². The Hall–Kier alpha value is -2.29. The molecule has 7 nitrogen and oxygen atoms in total. The quantitative estimate of drug-likeness (QED) is 0.816. The first kappa shape index (κ1) is 16.2. The van der Waals surface area contributed by atoms with E-state index in [1.165, 1.54) is 0 Å². The van der Waals surface area contributed by atoms with Crippen LogP contribution >= 0.6 is 11.3 Å². The molecule has 8 heteroatoms. The van der Waals surface area contributed by atoms with Gasteiger partial charge < -0.3 is 19.1 Å². The van der Waals surface area contributed by atoms with Gasteiger partial charge in [-0.1, -0.05) is 6.07 Å². The minimum atomic E-state index is -0.0627. The number of hydrazine groups is 1. The Balaban J connectivity index is 1.41. The average molecular weight is 361 g/mol. The molecular weight excluding hydrogens is 342 g/mol. The number of nitrogens with one attached hydrogen (secondary N) is 2. The van der Waals surface area contributed by atoms with E-state index in [0.29, 0.717) is 23.8 Å². The van der Waals surface area contributed by atoms with Gasteiger partial charge in [0.2, 0.25) is 6.79 Å².